The van der Waals surface area contributed by atoms with Gasteiger partial charge in [0.1, 0.15) is 0 Å². The first-order valence-electron chi connectivity index (χ1n) is 6.54. The third kappa shape index (κ3) is 3.83. The Labute approximate surface area is 106 Å². The summed E-state index contributed by atoms with van der Waals surface area (Å²) in [6, 6.07) is 9.73. The largest absolute Gasteiger partial charge is 0.312 e. The lowest BCUT2D eigenvalue weighted by atomic mass is 9.98. The van der Waals surface area contributed by atoms with Crippen molar-refractivity contribution in [3.8, 4) is 0 Å². The Balaban J connectivity index is 2.79. The lowest BCUT2D eigenvalue weighted by Gasteiger charge is -2.32. The van der Waals surface area contributed by atoms with Gasteiger partial charge in [0.2, 0.25) is 0 Å². The molecule has 1 aromatic rings. The number of rotatable bonds is 6. The minimum Gasteiger partial charge on any atom is -0.312 e. The molecule has 2 atom stereocenters. The van der Waals surface area contributed by atoms with E-state index < -0.39 is 0 Å². The van der Waals surface area contributed by atoms with Crippen molar-refractivity contribution in [1.82, 2.24) is 10.2 Å². The van der Waals surface area contributed by atoms with E-state index in [-0.39, 0.29) is 0 Å². The van der Waals surface area contributed by atoms with Crippen molar-refractivity contribution >= 4 is 0 Å². The van der Waals surface area contributed by atoms with Gasteiger partial charge in [-0.3, -0.25) is 0 Å². The van der Waals surface area contributed by atoms with Gasteiger partial charge < -0.3 is 10.2 Å². The average molecular weight is 234 g/mol. The Bertz CT molecular complexity index is 318. The SMILES string of the molecule is CCCN(C)C(C)C(NC)c1ccc(C)cc1. The van der Waals surface area contributed by atoms with Crippen molar-refractivity contribution < 1.29 is 0 Å². The Kier molecular flexibility index (Phi) is 5.66. The topological polar surface area (TPSA) is 15.3 Å². The van der Waals surface area contributed by atoms with Gasteiger partial charge in [-0.25, -0.2) is 0 Å². The van der Waals surface area contributed by atoms with Crippen LogP contribution in [-0.4, -0.2) is 31.6 Å². The van der Waals surface area contributed by atoms with E-state index in [1.54, 1.807) is 0 Å². The van der Waals surface area contributed by atoms with Crippen molar-refractivity contribution in [2.45, 2.75) is 39.3 Å². The maximum Gasteiger partial charge on any atom is 0.0472 e. The Morgan fingerprint density at radius 1 is 1.24 bits per heavy atom. The third-order valence-electron chi connectivity index (χ3n) is 3.50. The van der Waals surface area contributed by atoms with Crippen LogP contribution in [0.2, 0.25) is 0 Å². The number of aryl methyl sites for hydroxylation is 1. The summed E-state index contributed by atoms with van der Waals surface area (Å²) in [6.07, 6.45) is 1.20. The first-order valence-corrected chi connectivity index (χ1v) is 6.54. The highest BCUT2D eigenvalue weighted by atomic mass is 15.2. The van der Waals surface area contributed by atoms with E-state index in [0.717, 1.165) is 6.54 Å². The van der Waals surface area contributed by atoms with E-state index in [0.29, 0.717) is 12.1 Å². The summed E-state index contributed by atoms with van der Waals surface area (Å²) in [5, 5.41) is 3.44. The predicted octanol–water partition coefficient (Wildman–Crippen LogP) is 2.99. The molecule has 1 aromatic carbocycles. The molecule has 1 rings (SSSR count). The summed E-state index contributed by atoms with van der Waals surface area (Å²) in [6.45, 7) is 7.79. The van der Waals surface area contributed by atoms with E-state index in [1.165, 1.54) is 17.5 Å². The quantitative estimate of drug-likeness (QED) is 0.814. The van der Waals surface area contributed by atoms with Gasteiger partial charge in [0, 0.05) is 12.1 Å². The van der Waals surface area contributed by atoms with Crippen molar-refractivity contribution in [2.75, 3.05) is 20.6 Å². The molecule has 0 heterocycles. The van der Waals surface area contributed by atoms with Gasteiger partial charge in [-0.2, -0.15) is 0 Å². The molecule has 0 saturated heterocycles. The molecule has 96 valence electrons. The molecule has 2 unspecified atom stereocenters. The highest BCUT2D eigenvalue weighted by molar-refractivity contribution is 5.25. The molecule has 0 aromatic heterocycles. The monoisotopic (exact) mass is 234 g/mol. The van der Waals surface area contributed by atoms with Crippen LogP contribution < -0.4 is 5.32 Å². The molecule has 0 bridgehead atoms. The molecule has 0 aliphatic carbocycles. The van der Waals surface area contributed by atoms with Crippen LogP contribution in [0.25, 0.3) is 0 Å². The lowest BCUT2D eigenvalue weighted by Crippen LogP contribution is -2.40. The summed E-state index contributed by atoms with van der Waals surface area (Å²) in [5.41, 5.74) is 2.69. The first kappa shape index (κ1) is 14.2. The van der Waals surface area contributed by atoms with Crippen LogP contribution >= 0.6 is 0 Å². The second kappa shape index (κ2) is 6.77. The zero-order valence-electron chi connectivity index (χ0n) is 11.8. The summed E-state index contributed by atoms with van der Waals surface area (Å²) in [7, 11) is 4.24. The van der Waals surface area contributed by atoms with E-state index in [2.05, 4.69) is 62.3 Å². The second-order valence-corrected chi connectivity index (χ2v) is 4.90. The van der Waals surface area contributed by atoms with Crippen LogP contribution in [-0.2, 0) is 0 Å². The van der Waals surface area contributed by atoms with Crippen molar-refractivity contribution in [3.63, 3.8) is 0 Å². The number of nitrogens with one attached hydrogen (secondary N) is 1. The number of hydrogen-bond acceptors (Lipinski definition) is 2. The molecule has 0 spiro atoms. The molecular weight excluding hydrogens is 208 g/mol. The summed E-state index contributed by atoms with van der Waals surface area (Å²) >= 11 is 0. The Morgan fingerprint density at radius 3 is 2.29 bits per heavy atom. The number of hydrogen-bond donors (Lipinski definition) is 1. The minimum absolute atomic E-state index is 0.396. The van der Waals surface area contributed by atoms with E-state index >= 15 is 0 Å². The fourth-order valence-electron chi connectivity index (χ4n) is 2.27. The number of likely N-dealkylation sites (N-methyl/N-ethyl adjacent to an activating group) is 2. The van der Waals surface area contributed by atoms with Gasteiger partial charge in [0.15, 0.2) is 0 Å². The van der Waals surface area contributed by atoms with Crippen molar-refractivity contribution in [1.29, 1.82) is 0 Å². The normalized spacial score (nSPS) is 14.9. The summed E-state index contributed by atoms with van der Waals surface area (Å²) < 4.78 is 0. The van der Waals surface area contributed by atoms with Crippen LogP contribution in [0.1, 0.15) is 37.4 Å². The van der Waals surface area contributed by atoms with Gasteiger partial charge in [-0.15, -0.1) is 0 Å². The fraction of sp³-hybridized carbons (Fsp3) is 0.600. The van der Waals surface area contributed by atoms with Crippen molar-refractivity contribution in [2.24, 2.45) is 0 Å². The van der Waals surface area contributed by atoms with Crippen LogP contribution in [0, 0.1) is 6.92 Å². The minimum atomic E-state index is 0.396. The molecule has 2 heteroatoms. The lowest BCUT2D eigenvalue weighted by molar-refractivity contribution is 0.212. The summed E-state index contributed by atoms with van der Waals surface area (Å²) in [5.74, 6) is 0. The van der Waals surface area contributed by atoms with Crippen molar-refractivity contribution in [3.05, 3.63) is 35.4 Å². The highest BCUT2D eigenvalue weighted by Crippen LogP contribution is 2.20. The maximum atomic E-state index is 3.44. The molecule has 0 amide bonds. The molecule has 0 aliphatic heterocycles. The Morgan fingerprint density at radius 2 is 1.82 bits per heavy atom. The van der Waals surface area contributed by atoms with Crippen LogP contribution in [0.3, 0.4) is 0 Å². The smallest absolute Gasteiger partial charge is 0.0472 e. The number of benzene rings is 1. The second-order valence-electron chi connectivity index (χ2n) is 4.90. The molecule has 0 aliphatic rings. The average Bonchev–Trinajstić information content (AvgIpc) is 2.32. The van der Waals surface area contributed by atoms with Gasteiger partial charge in [-0.05, 0) is 46.5 Å². The highest BCUT2D eigenvalue weighted by Gasteiger charge is 2.20. The number of nitrogens with zero attached hydrogens (tertiary/aromatic N) is 1. The molecule has 17 heavy (non-hydrogen) atoms. The van der Waals surface area contributed by atoms with Gasteiger partial charge in [0.05, 0.1) is 0 Å². The van der Waals surface area contributed by atoms with Crippen LogP contribution in [0.4, 0.5) is 0 Å². The van der Waals surface area contributed by atoms with E-state index in [1.807, 2.05) is 7.05 Å². The van der Waals surface area contributed by atoms with Gasteiger partial charge >= 0.3 is 0 Å². The van der Waals surface area contributed by atoms with Gasteiger partial charge in [0.25, 0.3) is 0 Å². The third-order valence-corrected chi connectivity index (χ3v) is 3.50. The predicted molar refractivity (Wildman–Crippen MR) is 75.4 cm³/mol. The zero-order chi connectivity index (χ0) is 12.8. The molecular formula is C15H26N2. The zero-order valence-corrected chi connectivity index (χ0v) is 11.8. The molecule has 1 N–H and O–H groups in total. The van der Waals surface area contributed by atoms with E-state index in [4.69, 9.17) is 0 Å². The molecule has 0 saturated carbocycles. The first-order chi connectivity index (χ1) is 8.10. The Hall–Kier alpha value is -0.860. The summed E-state index contributed by atoms with van der Waals surface area (Å²) in [4.78, 5) is 2.42. The fourth-order valence-corrected chi connectivity index (χ4v) is 2.27. The van der Waals surface area contributed by atoms with Gasteiger partial charge in [-0.1, -0.05) is 36.8 Å². The standard InChI is InChI=1S/C15H26N2/c1-6-11-17(5)13(3)15(16-4)14-9-7-12(2)8-10-14/h7-10,13,15-16H,6,11H2,1-5H3. The van der Waals surface area contributed by atoms with Crippen LogP contribution in [0.5, 0.6) is 0 Å². The molecule has 0 radical (unpaired) electrons. The maximum absolute atomic E-state index is 3.44. The molecule has 0 fully saturated rings. The van der Waals surface area contributed by atoms with E-state index in [9.17, 15) is 0 Å². The molecule has 2 nitrogen and oxygen atoms in total. The van der Waals surface area contributed by atoms with Crippen LogP contribution in [0.15, 0.2) is 24.3 Å².